The Morgan fingerprint density at radius 2 is 1.50 bits per heavy atom. The summed E-state index contributed by atoms with van der Waals surface area (Å²) in [7, 11) is 0. The van der Waals surface area contributed by atoms with E-state index in [-0.39, 0.29) is 11.8 Å². The SMILES string of the molecule is Cc1ccc(C2(C)CCc3ccccc3C2CCCCCCCCC(CCCC(F)(F)C(F)(F)F)C(=O)O)cc1. The molecule has 1 aliphatic rings. The van der Waals surface area contributed by atoms with E-state index in [4.69, 9.17) is 0 Å². The van der Waals surface area contributed by atoms with Gasteiger partial charge in [-0.2, -0.15) is 22.0 Å². The van der Waals surface area contributed by atoms with Gasteiger partial charge in [0.05, 0.1) is 5.92 Å². The molecule has 0 heterocycles. The fourth-order valence-electron chi connectivity index (χ4n) is 6.32. The molecule has 0 aromatic heterocycles. The van der Waals surface area contributed by atoms with E-state index < -0.39 is 36.8 Å². The Kier molecular flexibility index (Phi) is 11.2. The Balaban J connectivity index is 1.43. The number of carboxylic acids is 1. The number of aryl methyl sites for hydroxylation is 2. The highest BCUT2D eigenvalue weighted by atomic mass is 19.4. The van der Waals surface area contributed by atoms with Gasteiger partial charge in [0.1, 0.15) is 0 Å². The fraction of sp³-hybridized carbons (Fsp3) is 0.606. The van der Waals surface area contributed by atoms with Gasteiger partial charge in [0.2, 0.25) is 0 Å². The van der Waals surface area contributed by atoms with E-state index in [9.17, 15) is 31.9 Å². The van der Waals surface area contributed by atoms with Gasteiger partial charge in [-0.15, -0.1) is 0 Å². The zero-order chi connectivity index (χ0) is 29.4. The summed E-state index contributed by atoms with van der Waals surface area (Å²) in [5.41, 5.74) is 5.65. The number of benzene rings is 2. The first-order valence-corrected chi connectivity index (χ1v) is 14.7. The van der Waals surface area contributed by atoms with Gasteiger partial charge in [0.25, 0.3) is 0 Å². The number of hydrogen-bond donors (Lipinski definition) is 1. The molecule has 0 saturated heterocycles. The third-order valence-corrected chi connectivity index (χ3v) is 8.93. The molecule has 7 heteroatoms. The molecule has 2 aromatic carbocycles. The second-order valence-electron chi connectivity index (χ2n) is 11.9. The van der Waals surface area contributed by atoms with Crippen molar-refractivity contribution >= 4 is 5.97 Å². The number of carbonyl (C=O) groups is 1. The van der Waals surface area contributed by atoms with E-state index in [1.54, 1.807) is 0 Å². The molecule has 3 rings (SSSR count). The van der Waals surface area contributed by atoms with E-state index in [0.29, 0.717) is 18.8 Å². The second-order valence-corrected chi connectivity index (χ2v) is 11.9. The van der Waals surface area contributed by atoms with Gasteiger partial charge in [0, 0.05) is 6.42 Å². The molecular formula is C33H43F5O2. The summed E-state index contributed by atoms with van der Waals surface area (Å²) in [5.74, 6) is -6.33. The van der Waals surface area contributed by atoms with Crippen LogP contribution < -0.4 is 0 Å². The zero-order valence-electron chi connectivity index (χ0n) is 23.7. The van der Waals surface area contributed by atoms with Crippen LogP contribution in [0.1, 0.15) is 112 Å². The topological polar surface area (TPSA) is 37.3 Å². The van der Waals surface area contributed by atoms with Crippen molar-refractivity contribution in [3.63, 3.8) is 0 Å². The second kappa shape index (κ2) is 14.0. The van der Waals surface area contributed by atoms with Gasteiger partial charge in [0.15, 0.2) is 0 Å². The summed E-state index contributed by atoms with van der Waals surface area (Å²) < 4.78 is 63.2. The van der Waals surface area contributed by atoms with Crippen molar-refractivity contribution in [2.75, 3.05) is 0 Å². The molecule has 0 aliphatic heterocycles. The molecule has 0 saturated carbocycles. The number of alkyl halides is 5. The maximum absolute atomic E-state index is 13.1. The quantitative estimate of drug-likeness (QED) is 0.172. The predicted molar refractivity (Wildman–Crippen MR) is 149 cm³/mol. The van der Waals surface area contributed by atoms with Crippen molar-refractivity contribution in [2.24, 2.45) is 5.92 Å². The summed E-state index contributed by atoms with van der Waals surface area (Å²) in [6.07, 6.45) is 1.66. The number of fused-ring (bicyclic) bond motifs is 1. The lowest BCUT2D eigenvalue weighted by atomic mass is 9.60. The number of rotatable bonds is 15. The molecule has 0 radical (unpaired) electrons. The van der Waals surface area contributed by atoms with Crippen molar-refractivity contribution in [3.8, 4) is 0 Å². The third kappa shape index (κ3) is 8.29. The molecule has 40 heavy (non-hydrogen) atoms. The van der Waals surface area contributed by atoms with Gasteiger partial charge in [-0.3, -0.25) is 4.79 Å². The Labute approximate surface area is 235 Å². The fourth-order valence-corrected chi connectivity index (χ4v) is 6.32. The van der Waals surface area contributed by atoms with Crippen LogP contribution in [0.15, 0.2) is 48.5 Å². The minimum absolute atomic E-state index is 0.0813. The molecular weight excluding hydrogens is 523 g/mol. The van der Waals surface area contributed by atoms with Crippen LogP contribution in [0.25, 0.3) is 0 Å². The van der Waals surface area contributed by atoms with E-state index >= 15 is 0 Å². The summed E-state index contributed by atoms with van der Waals surface area (Å²) in [6.45, 7) is 4.52. The highest BCUT2D eigenvalue weighted by molar-refractivity contribution is 5.69. The lowest BCUT2D eigenvalue weighted by molar-refractivity contribution is -0.284. The molecule has 0 fully saturated rings. The number of carboxylic acid groups (broad SMARTS) is 1. The first-order chi connectivity index (χ1) is 18.8. The van der Waals surface area contributed by atoms with E-state index in [1.807, 2.05) is 0 Å². The summed E-state index contributed by atoms with van der Waals surface area (Å²) >= 11 is 0. The normalized spacial score (nSPS) is 20.2. The van der Waals surface area contributed by atoms with Gasteiger partial charge < -0.3 is 5.11 Å². The molecule has 0 amide bonds. The number of hydrogen-bond acceptors (Lipinski definition) is 1. The van der Waals surface area contributed by atoms with Crippen molar-refractivity contribution < 1.29 is 31.9 Å². The van der Waals surface area contributed by atoms with E-state index in [2.05, 4.69) is 62.4 Å². The minimum Gasteiger partial charge on any atom is -0.481 e. The van der Waals surface area contributed by atoms with Crippen LogP contribution in [0.5, 0.6) is 0 Å². The van der Waals surface area contributed by atoms with Crippen LogP contribution in [-0.2, 0) is 16.6 Å². The highest BCUT2D eigenvalue weighted by Crippen LogP contribution is 2.49. The smallest absolute Gasteiger partial charge is 0.453 e. The number of aliphatic carboxylic acids is 1. The molecule has 2 nitrogen and oxygen atoms in total. The molecule has 0 bridgehead atoms. The van der Waals surface area contributed by atoms with Gasteiger partial charge in [-0.1, -0.05) is 99.5 Å². The highest BCUT2D eigenvalue weighted by Gasteiger charge is 2.56. The average molecular weight is 567 g/mol. The van der Waals surface area contributed by atoms with E-state index in [1.165, 1.54) is 22.3 Å². The van der Waals surface area contributed by atoms with Crippen molar-refractivity contribution in [3.05, 3.63) is 70.8 Å². The van der Waals surface area contributed by atoms with Crippen LogP contribution in [0.4, 0.5) is 22.0 Å². The maximum atomic E-state index is 13.1. The van der Waals surface area contributed by atoms with Crippen molar-refractivity contribution in [1.82, 2.24) is 0 Å². The Morgan fingerprint density at radius 1 is 0.900 bits per heavy atom. The Morgan fingerprint density at radius 3 is 2.15 bits per heavy atom. The van der Waals surface area contributed by atoms with Gasteiger partial charge in [-0.05, 0) is 73.5 Å². The van der Waals surface area contributed by atoms with Crippen molar-refractivity contribution in [1.29, 1.82) is 0 Å². The van der Waals surface area contributed by atoms with E-state index in [0.717, 1.165) is 51.4 Å². The van der Waals surface area contributed by atoms with Crippen LogP contribution >= 0.6 is 0 Å². The predicted octanol–water partition coefficient (Wildman–Crippen LogP) is 10.2. The molecule has 3 atom stereocenters. The summed E-state index contributed by atoms with van der Waals surface area (Å²) in [4.78, 5) is 11.5. The first-order valence-electron chi connectivity index (χ1n) is 14.7. The Hall–Kier alpha value is -2.44. The standard InChI is InChI=1S/C33H43F5O2/c1-24-17-19-27(20-18-24)31(2)23-21-25-12-9-10-15-28(25)29(31)16-8-6-4-3-5-7-13-26(30(39)40)14-11-22-32(34,35)33(36,37)38/h9-10,12,15,17-20,26,29H,3-8,11,13-14,16,21-23H2,1-2H3,(H,39,40). The maximum Gasteiger partial charge on any atom is 0.453 e. The van der Waals surface area contributed by atoms with Crippen molar-refractivity contribution in [2.45, 2.75) is 121 Å². The average Bonchev–Trinajstić information content (AvgIpc) is 2.89. The van der Waals surface area contributed by atoms with Crippen LogP contribution in [0.2, 0.25) is 0 Å². The first kappa shape index (κ1) is 32.1. The third-order valence-electron chi connectivity index (χ3n) is 8.93. The monoisotopic (exact) mass is 566 g/mol. The van der Waals surface area contributed by atoms with Gasteiger partial charge >= 0.3 is 18.1 Å². The molecule has 222 valence electrons. The molecule has 0 spiro atoms. The van der Waals surface area contributed by atoms with Crippen LogP contribution in [0.3, 0.4) is 0 Å². The summed E-state index contributed by atoms with van der Waals surface area (Å²) in [6, 6.07) is 17.8. The molecule has 1 aliphatic carbocycles. The molecule has 1 N–H and O–H groups in total. The Bertz CT molecular complexity index is 1080. The summed E-state index contributed by atoms with van der Waals surface area (Å²) in [5, 5.41) is 9.36. The number of halogens is 5. The van der Waals surface area contributed by atoms with Gasteiger partial charge in [-0.25, -0.2) is 0 Å². The lowest BCUT2D eigenvalue weighted by Crippen LogP contribution is -2.36. The molecule has 3 unspecified atom stereocenters. The zero-order valence-corrected chi connectivity index (χ0v) is 23.7. The van der Waals surface area contributed by atoms with Crippen LogP contribution in [0, 0.1) is 12.8 Å². The number of unbranched alkanes of at least 4 members (excludes halogenated alkanes) is 5. The lowest BCUT2D eigenvalue weighted by Gasteiger charge is -2.43. The molecule has 2 aromatic rings. The largest absolute Gasteiger partial charge is 0.481 e. The van der Waals surface area contributed by atoms with Crippen LogP contribution in [-0.4, -0.2) is 23.2 Å². The minimum atomic E-state index is -5.59.